The Balaban J connectivity index is 2.13. The van der Waals surface area contributed by atoms with Crippen molar-refractivity contribution in [2.45, 2.75) is 0 Å². The van der Waals surface area contributed by atoms with Crippen LogP contribution in [0.5, 0.6) is 0 Å². The van der Waals surface area contributed by atoms with Crippen LogP contribution in [-0.4, -0.2) is 25.8 Å². The summed E-state index contributed by atoms with van der Waals surface area (Å²) in [7, 11) is 0. The number of pyridine rings is 1. The van der Waals surface area contributed by atoms with Gasteiger partial charge in [0, 0.05) is 29.2 Å². The fourth-order valence-corrected chi connectivity index (χ4v) is 2.11. The van der Waals surface area contributed by atoms with Crippen LogP contribution >= 0.6 is 11.6 Å². The fourth-order valence-electron chi connectivity index (χ4n) is 1.98. The molecule has 0 saturated heterocycles. The number of halogens is 1. The average molecular weight is 300 g/mol. The van der Waals surface area contributed by atoms with Crippen LogP contribution in [0.1, 0.15) is 10.4 Å². The minimum atomic E-state index is -1.03. The Morgan fingerprint density at radius 1 is 1.10 bits per heavy atom. The van der Waals surface area contributed by atoms with E-state index in [0.717, 1.165) is 5.69 Å². The Bertz CT molecular complexity index is 782. The van der Waals surface area contributed by atoms with E-state index in [0.29, 0.717) is 16.3 Å². The first kappa shape index (κ1) is 13.3. The number of nitrogens with zero attached hydrogens (tertiary/aromatic N) is 3. The quantitative estimate of drug-likeness (QED) is 0.806. The zero-order valence-corrected chi connectivity index (χ0v) is 11.5. The van der Waals surface area contributed by atoms with Gasteiger partial charge in [0.1, 0.15) is 11.3 Å². The van der Waals surface area contributed by atoms with Crippen molar-refractivity contribution in [3.05, 3.63) is 65.6 Å². The summed E-state index contributed by atoms with van der Waals surface area (Å²) in [5.74, 6) is -1.03. The van der Waals surface area contributed by atoms with Gasteiger partial charge >= 0.3 is 5.97 Å². The van der Waals surface area contributed by atoms with Crippen molar-refractivity contribution in [2.75, 3.05) is 0 Å². The molecule has 3 aromatic rings. The van der Waals surface area contributed by atoms with E-state index >= 15 is 0 Å². The molecule has 0 bridgehead atoms. The maximum absolute atomic E-state index is 11.4. The highest BCUT2D eigenvalue weighted by atomic mass is 35.5. The van der Waals surface area contributed by atoms with Gasteiger partial charge in [0.25, 0.3) is 0 Å². The van der Waals surface area contributed by atoms with Crippen LogP contribution in [0.3, 0.4) is 0 Å². The highest BCUT2D eigenvalue weighted by molar-refractivity contribution is 6.30. The number of aromatic carboxylic acids is 1. The van der Waals surface area contributed by atoms with Crippen LogP contribution in [0, 0.1) is 0 Å². The third kappa shape index (κ3) is 2.64. The second-order valence-electron chi connectivity index (χ2n) is 4.35. The molecule has 0 amide bonds. The predicted octanol–water partition coefficient (Wildman–Crippen LogP) is 3.29. The molecule has 0 fully saturated rings. The van der Waals surface area contributed by atoms with E-state index < -0.39 is 5.97 Å². The molecule has 21 heavy (non-hydrogen) atoms. The summed E-state index contributed by atoms with van der Waals surface area (Å²) < 4.78 is 1.52. The van der Waals surface area contributed by atoms with Gasteiger partial charge in [0.15, 0.2) is 0 Å². The lowest BCUT2D eigenvalue weighted by Gasteiger charge is -2.00. The lowest BCUT2D eigenvalue weighted by atomic mass is 10.1. The first-order valence-electron chi connectivity index (χ1n) is 6.14. The normalized spacial score (nSPS) is 10.5. The summed E-state index contributed by atoms with van der Waals surface area (Å²) >= 11 is 5.85. The molecule has 5 nitrogen and oxygen atoms in total. The summed E-state index contributed by atoms with van der Waals surface area (Å²) in [5.41, 5.74) is 1.98. The van der Waals surface area contributed by atoms with Crippen LogP contribution < -0.4 is 0 Å². The van der Waals surface area contributed by atoms with Gasteiger partial charge in [-0.15, -0.1) is 0 Å². The van der Waals surface area contributed by atoms with E-state index in [2.05, 4.69) is 10.1 Å². The molecule has 6 heteroatoms. The van der Waals surface area contributed by atoms with Gasteiger partial charge in [-0.25, -0.2) is 9.48 Å². The molecule has 0 radical (unpaired) electrons. The molecule has 0 aliphatic carbocycles. The molecule has 0 aliphatic rings. The van der Waals surface area contributed by atoms with Crippen molar-refractivity contribution in [3.8, 4) is 16.9 Å². The monoisotopic (exact) mass is 299 g/mol. The molecule has 0 saturated carbocycles. The number of carboxylic acid groups (broad SMARTS) is 1. The van der Waals surface area contributed by atoms with E-state index in [1.54, 1.807) is 48.8 Å². The maximum atomic E-state index is 11.4. The van der Waals surface area contributed by atoms with Crippen LogP contribution in [-0.2, 0) is 0 Å². The third-order valence-electron chi connectivity index (χ3n) is 2.99. The standard InChI is InChI=1S/C15H10ClN3O2/c16-11-1-3-12(4-2-11)19-9-13(15(20)21)14(18-19)10-5-7-17-8-6-10/h1-9H,(H,20,21). The van der Waals surface area contributed by atoms with Gasteiger partial charge in [0.05, 0.1) is 5.69 Å². The SMILES string of the molecule is O=C(O)c1cn(-c2ccc(Cl)cc2)nc1-c1ccncc1. The van der Waals surface area contributed by atoms with Gasteiger partial charge in [0.2, 0.25) is 0 Å². The first-order valence-corrected chi connectivity index (χ1v) is 6.52. The summed E-state index contributed by atoms with van der Waals surface area (Å²) in [6.07, 6.45) is 4.69. The van der Waals surface area contributed by atoms with E-state index in [1.165, 1.54) is 10.9 Å². The molecular formula is C15H10ClN3O2. The second kappa shape index (κ2) is 5.38. The Labute approximate surface area is 125 Å². The van der Waals surface area contributed by atoms with Crippen molar-refractivity contribution >= 4 is 17.6 Å². The van der Waals surface area contributed by atoms with E-state index in [1.807, 2.05) is 0 Å². The van der Waals surface area contributed by atoms with Crippen LogP contribution in [0.4, 0.5) is 0 Å². The summed E-state index contributed by atoms with van der Waals surface area (Å²) in [5, 5.41) is 14.3. The number of carboxylic acids is 1. The Hall–Kier alpha value is -2.66. The summed E-state index contributed by atoms with van der Waals surface area (Å²) in [6.45, 7) is 0. The maximum Gasteiger partial charge on any atom is 0.339 e. The molecule has 2 heterocycles. The highest BCUT2D eigenvalue weighted by Gasteiger charge is 2.17. The van der Waals surface area contributed by atoms with E-state index in [-0.39, 0.29) is 5.56 Å². The molecule has 0 aliphatic heterocycles. The minimum Gasteiger partial charge on any atom is -0.478 e. The van der Waals surface area contributed by atoms with Crippen LogP contribution in [0.2, 0.25) is 5.02 Å². The Morgan fingerprint density at radius 2 is 1.76 bits per heavy atom. The Morgan fingerprint density at radius 3 is 2.38 bits per heavy atom. The lowest BCUT2D eigenvalue weighted by Crippen LogP contribution is -1.96. The number of hydrogen-bond donors (Lipinski definition) is 1. The van der Waals surface area contributed by atoms with E-state index in [4.69, 9.17) is 11.6 Å². The van der Waals surface area contributed by atoms with Crippen molar-refractivity contribution in [3.63, 3.8) is 0 Å². The van der Waals surface area contributed by atoms with Gasteiger partial charge in [-0.3, -0.25) is 4.98 Å². The first-order chi connectivity index (χ1) is 10.1. The second-order valence-corrected chi connectivity index (χ2v) is 4.79. The molecule has 1 N–H and O–H groups in total. The third-order valence-corrected chi connectivity index (χ3v) is 3.24. The smallest absolute Gasteiger partial charge is 0.339 e. The molecule has 2 aromatic heterocycles. The minimum absolute atomic E-state index is 0.135. The molecule has 0 spiro atoms. The lowest BCUT2D eigenvalue weighted by molar-refractivity contribution is 0.0697. The van der Waals surface area contributed by atoms with Crippen molar-refractivity contribution in [1.29, 1.82) is 0 Å². The van der Waals surface area contributed by atoms with E-state index in [9.17, 15) is 9.90 Å². The molecule has 104 valence electrons. The molecule has 0 unspecified atom stereocenters. The number of carbonyl (C=O) groups is 1. The van der Waals surface area contributed by atoms with Gasteiger partial charge in [-0.2, -0.15) is 5.10 Å². The van der Waals surface area contributed by atoms with Gasteiger partial charge in [-0.05, 0) is 36.4 Å². The fraction of sp³-hybridized carbons (Fsp3) is 0. The molecule has 3 rings (SSSR count). The van der Waals surface area contributed by atoms with Crippen LogP contribution in [0.25, 0.3) is 16.9 Å². The molecule has 0 atom stereocenters. The number of hydrogen-bond acceptors (Lipinski definition) is 3. The Kier molecular flexibility index (Phi) is 3.41. The summed E-state index contributed by atoms with van der Waals surface area (Å²) in [6, 6.07) is 10.5. The van der Waals surface area contributed by atoms with Crippen molar-refractivity contribution < 1.29 is 9.90 Å². The molecular weight excluding hydrogens is 290 g/mol. The predicted molar refractivity (Wildman–Crippen MR) is 78.8 cm³/mol. The van der Waals surface area contributed by atoms with Crippen LogP contribution in [0.15, 0.2) is 55.0 Å². The summed E-state index contributed by atoms with van der Waals surface area (Å²) in [4.78, 5) is 15.3. The van der Waals surface area contributed by atoms with Gasteiger partial charge < -0.3 is 5.11 Å². The largest absolute Gasteiger partial charge is 0.478 e. The average Bonchev–Trinajstić information content (AvgIpc) is 2.94. The number of aromatic nitrogens is 3. The molecule has 1 aromatic carbocycles. The topological polar surface area (TPSA) is 68.0 Å². The zero-order valence-electron chi connectivity index (χ0n) is 10.8. The zero-order chi connectivity index (χ0) is 14.8. The van der Waals surface area contributed by atoms with Gasteiger partial charge in [-0.1, -0.05) is 11.6 Å². The number of benzene rings is 1. The van der Waals surface area contributed by atoms with Crippen molar-refractivity contribution in [2.24, 2.45) is 0 Å². The highest BCUT2D eigenvalue weighted by Crippen LogP contribution is 2.23. The number of rotatable bonds is 3. The van der Waals surface area contributed by atoms with Crippen molar-refractivity contribution in [1.82, 2.24) is 14.8 Å².